The second-order valence-electron chi connectivity index (χ2n) is 5.08. The van der Waals surface area contributed by atoms with E-state index in [1.165, 1.54) is 5.56 Å². The molecule has 2 aromatic rings. The Labute approximate surface area is 125 Å². The normalized spacial score (nSPS) is 12.4. The lowest BCUT2D eigenvalue weighted by Gasteiger charge is -2.23. The highest BCUT2D eigenvalue weighted by Gasteiger charge is 2.12. The monoisotopic (exact) mass is 292 g/mol. The molecule has 0 aliphatic carbocycles. The Morgan fingerprint density at radius 1 is 1.35 bits per heavy atom. The molecular formula is C16H21ClN2O. The Balaban J connectivity index is 2.21. The van der Waals surface area contributed by atoms with Gasteiger partial charge in [-0.3, -0.25) is 0 Å². The number of hydrogen-bond acceptors (Lipinski definition) is 3. The molecule has 1 aromatic heterocycles. The van der Waals surface area contributed by atoms with Gasteiger partial charge in [0.2, 0.25) is 0 Å². The fraction of sp³-hybridized carbons (Fsp3) is 0.375. The van der Waals surface area contributed by atoms with Crippen molar-refractivity contribution in [1.82, 2.24) is 0 Å². The van der Waals surface area contributed by atoms with Gasteiger partial charge in [-0.05, 0) is 42.7 Å². The number of anilines is 1. The van der Waals surface area contributed by atoms with Crippen LogP contribution in [-0.4, -0.2) is 13.1 Å². The zero-order chi connectivity index (χ0) is 14.5. The van der Waals surface area contributed by atoms with Gasteiger partial charge in [0, 0.05) is 23.8 Å². The van der Waals surface area contributed by atoms with E-state index in [2.05, 4.69) is 17.9 Å². The first-order valence-corrected chi connectivity index (χ1v) is 7.25. The third kappa shape index (κ3) is 3.78. The molecule has 1 aromatic carbocycles. The minimum absolute atomic E-state index is 0.173. The molecule has 0 amide bonds. The van der Waals surface area contributed by atoms with E-state index in [0.29, 0.717) is 6.54 Å². The molecule has 0 fully saturated rings. The van der Waals surface area contributed by atoms with Gasteiger partial charge < -0.3 is 15.1 Å². The summed E-state index contributed by atoms with van der Waals surface area (Å²) in [6.45, 7) is 2.81. The lowest BCUT2D eigenvalue weighted by Crippen LogP contribution is -2.24. The van der Waals surface area contributed by atoms with Crippen LogP contribution in [-0.2, 0) is 13.0 Å². The van der Waals surface area contributed by atoms with Crippen LogP contribution in [0.3, 0.4) is 0 Å². The van der Waals surface area contributed by atoms with Crippen LogP contribution in [0, 0.1) is 0 Å². The maximum absolute atomic E-state index is 6.13. The molecule has 0 saturated heterocycles. The quantitative estimate of drug-likeness (QED) is 0.879. The summed E-state index contributed by atoms with van der Waals surface area (Å²) in [5, 5.41) is 0.736. The molecule has 3 nitrogen and oxygen atoms in total. The first-order valence-electron chi connectivity index (χ1n) is 6.87. The van der Waals surface area contributed by atoms with E-state index in [-0.39, 0.29) is 6.04 Å². The van der Waals surface area contributed by atoms with E-state index >= 15 is 0 Å². The van der Waals surface area contributed by atoms with E-state index in [9.17, 15) is 0 Å². The average molecular weight is 293 g/mol. The number of rotatable bonds is 6. The summed E-state index contributed by atoms with van der Waals surface area (Å²) in [5.41, 5.74) is 8.41. The second kappa shape index (κ2) is 6.82. The van der Waals surface area contributed by atoms with Crippen LogP contribution in [0.4, 0.5) is 5.69 Å². The number of hydrogen-bond donors (Lipinski definition) is 1. The van der Waals surface area contributed by atoms with Crippen molar-refractivity contribution in [2.75, 3.05) is 11.9 Å². The summed E-state index contributed by atoms with van der Waals surface area (Å²) < 4.78 is 5.40. The smallest absolute Gasteiger partial charge is 0.123 e. The number of nitrogens with zero attached hydrogens (tertiary/aromatic N) is 1. The number of nitrogens with two attached hydrogens (primary N) is 1. The summed E-state index contributed by atoms with van der Waals surface area (Å²) in [6, 6.07) is 10.0. The van der Waals surface area contributed by atoms with Crippen molar-refractivity contribution in [3.05, 3.63) is 52.9 Å². The van der Waals surface area contributed by atoms with E-state index in [1.54, 1.807) is 6.26 Å². The van der Waals surface area contributed by atoms with Crippen LogP contribution in [0.1, 0.15) is 24.7 Å². The van der Waals surface area contributed by atoms with Crippen LogP contribution in [0.15, 0.2) is 41.0 Å². The van der Waals surface area contributed by atoms with Crippen LogP contribution in [0.2, 0.25) is 5.02 Å². The summed E-state index contributed by atoms with van der Waals surface area (Å²) in [4.78, 5) is 2.14. The fourth-order valence-corrected chi connectivity index (χ4v) is 2.38. The Bertz CT molecular complexity index is 539. The van der Waals surface area contributed by atoms with Gasteiger partial charge >= 0.3 is 0 Å². The average Bonchev–Trinajstić information content (AvgIpc) is 2.93. The first kappa shape index (κ1) is 14.9. The zero-order valence-electron chi connectivity index (χ0n) is 12.0. The van der Waals surface area contributed by atoms with E-state index in [0.717, 1.165) is 29.3 Å². The Kier molecular flexibility index (Phi) is 5.10. The molecule has 0 saturated carbocycles. The highest BCUT2D eigenvalue weighted by atomic mass is 35.5. The van der Waals surface area contributed by atoms with Crippen LogP contribution >= 0.6 is 11.6 Å². The van der Waals surface area contributed by atoms with Gasteiger partial charge in [-0.1, -0.05) is 24.6 Å². The molecule has 108 valence electrons. The van der Waals surface area contributed by atoms with Gasteiger partial charge in [-0.2, -0.15) is 0 Å². The molecule has 0 bridgehead atoms. The maximum atomic E-state index is 6.13. The molecule has 0 aliphatic heterocycles. The number of furan rings is 1. The van der Waals surface area contributed by atoms with Crippen LogP contribution in [0.25, 0.3) is 0 Å². The maximum Gasteiger partial charge on any atom is 0.123 e. The van der Waals surface area contributed by atoms with E-state index in [1.807, 2.05) is 31.3 Å². The first-order chi connectivity index (χ1) is 9.60. The predicted molar refractivity (Wildman–Crippen MR) is 84.2 cm³/mol. The second-order valence-corrected chi connectivity index (χ2v) is 5.52. The largest absolute Gasteiger partial charge is 0.467 e. The molecule has 1 atom stereocenters. The molecule has 2 N–H and O–H groups in total. The molecule has 0 aliphatic rings. The summed E-state index contributed by atoms with van der Waals surface area (Å²) in [5.74, 6) is 0.929. The SMILES string of the molecule is CCC(N)Cc1ccc(Cl)cc1N(C)Cc1ccco1. The standard InChI is InChI=1S/C16H21ClN2O/c1-3-14(18)9-12-6-7-13(17)10-16(12)19(2)11-15-5-4-8-20-15/h4-8,10,14H,3,9,11,18H2,1-2H3. The third-order valence-electron chi connectivity index (χ3n) is 3.44. The zero-order valence-corrected chi connectivity index (χ0v) is 12.7. The lowest BCUT2D eigenvalue weighted by molar-refractivity contribution is 0.507. The molecular weight excluding hydrogens is 272 g/mol. The summed E-state index contributed by atoms with van der Waals surface area (Å²) in [7, 11) is 2.04. The molecule has 20 heavy (non-hydrogen) atoms. The van der Waals surface area contributed by atoms with Crippen LogP contribution in [0.5, 0.6) is 0 Å². The minimum Gasteiger partial charge on any atom is -0.467 e. The number of halogens is 1. The topological polar surface area (TPSA) is 42.4 Å². The summed E-state index contributed by atoms with van der Waals surface area (Å²) >= 11 is 6.13. The predicted octanol–water partition coefficient (Wildman–Crippen LogP) is 3.85. The van der Waals surface area contributed by atoms with Crippen LogP contribution < -0.4 is 10.6 Å². The van der Waals surface area contributed by atoms with Crippen molar-refractivity contribution >= 4 is 17.3 Å². The molecule has 0 spiro atoms. The van der Waals surface area contributed by atoms with Crippen molar-refractivity contribution < 1.29 is 4.42 Å². The Morgan fingerprint density at radius 3 is 2.80 bits per heavy atom. The lowest BCUT2D eigenvalue weighted by atomic mass is 10.0. The highest BCUT2D eigenvalue weighted by molar-refractivity contribution is 6.30. The van der Waals surface area contributed by atoms with Crippen molar-refractivity contribution in [2.45, 2.75) is 32.4 Å². The molecule has 0 radical (unpaired) electrons. The van der Waals surface area contributed by atoms with Gasteiger partial charge in [0.05, 0.1) is 12.8 Å². The minimum atomic E-state index is 0.173. The molecule has 1 heterocycles. The Morgan fingerprint density at radius 2 is 2.15 bits per heavy atom. The van der Waals surface area contributed by atoms with E-state index < -0.39 is 0 Å². The molecule has 2 rings (SSSR count). The van der Waals surface area contributed by atoms with Crippen molar-refractivity contribution in [3.8, 4) is 0 Å². The van der Waals surface area contributed by atoms with Gasteiger partial charge in [0.25, 0.3) is 0 Å². The van der Waals surface area contributed by atoms with Gasteiger partial charge in [-0.25, -0.2) is 0 Å². The number of benzene rings is 1. The van der Waals surface area contributed by atoms with Crippen molar-refractivity contribution in [2.24, 2.45) is 5.73 Å². The van der Waals surface area contributed by atoms with Gasteiger partial charge in [0.1, 0.15) is 5.76 Å². The fourth-order valence-electron chi connectivity index (χ4n) is 2.21. The van der Waals surface area contributed by atoms with Gasteiger partial charge in [0.15, 0.2) is 0 Å². The van der Waals surface area contributed by atoms with Gasteiger partial charge in [-0.15, -0.1) is 0 Å². The summed E-state index contributed by atoms with van der Waals surface area (Å²) in [6.07, 6.45) is 3.50. The Hall–Kier alpha value is -1.45. The highest BCUT2D eigenvalue weighted by Crippen LogP contribution is 2.26. The molecule has 4 heteroatoms. The van der Waals surface area contributed by atoms with Crippen molar-refractivity contribution in [3.63, 3.8) is 0 Å². The van der Waals surface area contributed by atoms with E-state index in [4.69, 9.17) is 21.8 Å². The van der Waals surface area contributed by atoms with Crippen molar-refractivity contribution in [1.29, 1.82) is 0 Å². The third-order valence-corrected chi connectivity index (χ3v) is 3.67. The molecule has 1 unspecified atom stereocenters.